The quantitative estimate of drug-likeness (QED) is 0.0198. The molecule has 1 saturated heterocycles. The lowest BCUT2D eigenvalue weighted by Crippen LogP contribution is -2.60. The molecule has 6 atom stereocenters. The summed E-state index contributed by atoms with van der Waals surface area (Å²) in [5.74, 6) is -0.409. The first kappa shape index (κ1) is 57.1. The first-order valence-corrected chi connectivity index (χ1v) is 25.3. The molecule has 61 heavy (non-hydrogen) atoms. The summed E-state index contributed by atoms with van der Waals surface area (Å²) in [6, 6.07) is 0. The number of aliphatic hydroxyl groups excluding tert-OH is 3. The summed E-state index contributed by atoms with van der Waals surface area (Å²) in [5.41, 5.74) is 0. The fraction of sp³-hybridized carbons (Fsp3) is 0.812. The van der Waals surface area contributed by atoms with Gasteiger partial charge in [0.25, 0.3) is 0 Å². The van der Waals surface area contributed by atoms with Gasteiger partial charge in [-0.3, -0.25) is 9.35 Å². The second kappa shape index (κ2) is 39.6. The lowest BCUT2D eigenvalue weighted by Gasteiger charge is -2.41. The van der Waals surface area contributed by atoms with Crippen LogP contribution >= 0.6 is 0 Å². The van der Waals surface area contributed by atoms with E-state index in [0.717, 1.165) is 70.6 Å². The number of esters is 1. The monoisotopic (exact) mass is 887 g/mol. The van der Waals surface area contributed by atoms with Crippen molar-refractivity contribution in [3.63, 3.8) is 0 Å². The molecule has 0 aromatic carbocycles. The van der Waals surface area contributed by atoms with E-state index in [4.69, 9.17) is 23.5 Å². The van der Waals surface area contributed by atoms with Gasteiger partial charge in [0.2, 0.25) is 0 Å². The SMILES string of the molecule is CC/C=C\C/C=C\C/C=C\C/C=C\CCCCCOCC(COC1OC(CO)C(O)C(OS(=O)(=O)O)C1O)OC(=O)CCCCCCCCCCCCCCCCCCCC. The summed E-state index contributed by atoms with van der Waals surface area (Å²) in [5, 5.41) is 30.7. The molecule has 0 bridgehead atoms. The van der Waals surface area contributed by atoms with Crippen molar-refractivity contribution in [1.29, 1.82) is 0 Å². The van der Waals surface area contributed by atoms with Crippen LogP contribution in [0.5, 0.6) is 0 Å². The van der Waals surface area contributed by atoms with Gasteiger partial charge in [0.15, 0.2) is 6.29 Å². The highest BCUT2D eigenvalue weighted by atomic mass is 32.3. The van der Waals surface area contributed by atoms with Crippen LogP contribution in [0.1, 0.15) is 187 Å². The number of hydrogen-bond acceptors (Lipinski definition) is 11. The highest BCUT2D eigenvalue weighted by Crippen LogP contribution is 2.26. The Bertz CT molecular complexity index is 1250. The van der Waals surface area contributed by atoms with Crippen LogP contribution in [-0.4, -0.2) is 97.5 Å². The first-order chi connectivity index (χ1) is 29.6. The van der Waals surface area contributed by atoms with Crippen molar-refractivity contribution in [3.8, 4) is 0 Å². The minimum Gasteiger partial charge on any atom is -0.457 e. The Morgan fingerprint density at radius 1 is 0.639 bits per heavy atom. The van der Waals surface area contributed by atoms with Crippen molar-refractivity contribution in [3.05, 3.63) is 48.6 Å². The third-order valence-electron chi connectivity index (χ3n) is 10.7. The van der Waals surface area contributed by atoms with Crippen molar-refractivity contribution in [2.75, 3.05) is 26.4 Å². The number of rotatable bonds is 41. The zero-order valence-corrected chi connectivity index (χ0v) is 38.8. The van der Waals surface area contributed by atoms with E-state index >= 15 is 0 Å². The fourth-order valence-electron chi connectivity index (χ4n) is 7.13. The van der Waals surface area contributed by atoms with Crippen LogP contribution < -0.4 is 0 Å². The summed E-state index contributed by atoms with van der Waals surface area (Å²) < 4.78 is 59.1. The molecular weight excluding hydrogens is 801 g/mol. The number of carbonyl (C=O) groups is 1. The van der Waals surface area contributed by atoms with Gasteiger partial charge in [0.05, 0.1) is 19.8 Å². The summed E-state index contributed by atoms with van der Waals surface area (Å²) in [6.07, 6.45) is 38.6. The zero-order chi connectivity index (χ0) is 44.7. The van der Waals surface area contributed by atoms with E-state index in [9.17, 15) is 28.5 Å². The highest BCUT2D eigenvalue weighted by molar-refractivity contribution is 7.80. The number of allylic oxidation sites excluding steroid dienone is 8. The average molecular weight is 887 g/mol. The molecule has 12 nitrogen and oxygen atoms in total. The summed E-state index contributed by atoms with van der Waals surface area (Å²) in [6.45, 7) is 3.81. The molecule has 4 N–H and O–H groups in total. The molecule has 13 heteroatoms. The van der Waals surface area contributed by atoms with Gasteiger partial charge in [-0.05, 0) is 51.4 Å². The second-order valence-electron chi connectivity index (χ2n) is 16.3. The minimum atomic E-state index is -5.07. The summed E-state index contributed by atoms with van der Waals surface area (Å²) in [4.78, 5) is 12.9. The Balaban J connectivity index is 2.42. The molecule has 356 valence electrons. The smallest absolute Gasteiger partial charge is 0.397 e. The van der Waals surface area contributed by atoms with Crippen LogP contribution in [0, 0.1) is 0 Å². The van der Waals surface area contributed by atoms with Crippen LogP contribution in [0.2, 0.25) is 0 Å². The summed E-state index contributed by atoms with van der Waals surface area (Å²) >= 11 is 0. The molecule has 1 rings (SSSR count). The van der Waals surface area contributed by atoms with Crippen molar-refractivity contribution in [1.82, 2.24) is 0 Å². The van der Waals surface area contributed by atoms with E-state index in [2.05, 4.69) is 66.6 Å². The van der Waals surface area contributed by atoms with Gasteiger partial charge in [0, 0.05) is 13.0 Å². The van der Waals surface area contributed by atoms with Crippen molar-refractivity contribution >= 4 is 16.4 Å². The highest BCUT2D eigenvalue weighted by Gasteiger charge is 2.48. The maximum atomic E-state index is 12.9. The molecule has 0 radical (unpaired) electrons. The molecule has 0 aromatic heterocycles. The van der Waals surface area contributed by atoms with Gasteiger partial charge < -0.3 is 34.3 Å². The Kier molecular flexibility index (Phi) is 37.1. The van der Waals surface area contributed by atoms with Crippen molar-refractivity contribution in [2.45, 2.75) is 224 Å². The van der Waals surface area contributed by atoms with Crippen LogP contribution in [0.3, 0.4) is 0 Å². The maximum absolute atomic E-state index is 12.9. The molecule has 0 aliphatic carbocycles. The minimum absolute atomic E-state index is 0.0154. The molecule has 1 heterocycles. The van der Waals surface area contributed by atoms with E-state index in [0.29, 0.717) is 13.0 Å². The largest absolute Gasteiger partial charge is 0.457 e. The van der Waals surface area contributed by atoms with Crippen LogP contribution in [0.4, 0.5) is 0 Å². The van der Waals surface area contributed by atoms with Crippen LogP contribution in [0.15, 0.2) is 48.6 Å². The van der Waals surface area contributed by atoms with Crippen LogP contribution in [-0.2, 0) is 38.3 Å². The third-order valence-corrected chi connectivity index (χ3v) is 11.2. The van der Waals surface area contributed by atoms with Gasteiger partial charge in [0.1, 0.15) is 30.5 Å². The molecule has 0 amide bonds. The first-order valence-electron chi connectivity index (χ1n) is 23.9. The predicted molar refractivity (Wildman–Crippen MR) is 243 cm³/mol. The van der Waals surface area contributed by atoms with Gasteiger partial charge in [-0.15, -0.1) is 0 Å². The standard InChI is InChI=1S/C48H86O12S/c1-3-5-7-9-11-13-15-17-19-21-22-23-25-27-29-31-33-35-37-44(50)58-42(41-57-48-46(52)47(60-61(53,54)55)45(51)43(39-49)59-48)40-56-38-36-34-32-30-28-26-24-20-18-16-14-12-10-8-6-4-2/h6,8,12,14,18,20,26,28,42-43,45-49,51-52H,3-5,7,9-11,13,15-17,19,21-25,27,29-41H2,1-2H3,(H,53,54,55)/b8-6-,14-12-,20-18-,28-26-. The van der Waals surface area contributed by atoms with Gasteiger partial charge in [-0.25, -0.2) is 4.18 Å². The molecule has 6 unspecified atom stereocenters. The Morgan fingerprint density at radius 2 is 1.13 bits per heavy atom. The topological polar surface area (TPSA) is 178 Å². The number of hydrogen-bond donors (Lipinski definition) is 4. The molecule has 0 aromatic rings. The molecule has 0 spiro atoms. The second-order valence-corrected chi connectivity index (χ2v) is 17.4. The number of aliphatic hydroxyl groups is 3. The van der Waals surface area contributed by atoms with E-state index in [1.807, 2.05) is 0 Å². The van der Waals surface area contributed by atoms with E-state index in [1.54, 1.807) is 0 Å². The number of unbranched alkanes of at least 4 members (excludes halogenated alkanes) is 20. The predicted octanol–water partition coefficient (Wildman–Crippen LogP) is 10.4. The van der Waals surface area contributed by atoms with Crippen molar-refractivity contribution in [2.24, 2.45) is 0 Å². The molecular formula is C48H86O12S. The van der Waals surface area contributed by atoms with E-state index in [-0.39, 0.29) is 19.6 Å². The Labute approximate surface area is 370 Å². The van der Waals surface area contributed by atoms with Crippen LogP contribution in [0.25, 0.3) is 0 Å². The molecule has 1 aliphatic rings. The lowest BCUT2D eigenvalue weighted by molar-refractivity contribution is -0.301. The van der Waals surface area contributed by atoms with Crippen molar-refractivity contribution < 1.29 is 56.2 Å². The molecule has 1 fully saturated rings. The average Bonchev–Trinajstić information content (AvgIpc) is 3.23. The third kappa shape index (κ3) is 33.3. The zero-order valence-electron chi connectivity index (χ0n) is 38.0. The summed E-state index contributed by atoms with van der Waals surface area (Å²) in [7, 11) is -5.07. The number of ether oxygens (including phenoxy) is 4. The molecule has 1 aliphatic heterocycles. The van der Waals surface area contributed by atoms with Gasteiger partial charge in [-0.1, -0.05) is 178 Å². The van der Waals surface area contributed by atoms with E-state index < -0.39 is 59.8 Å². The maximum Gasteiger partial charge on any atom is 0.397 e. The molecule has 0 saturated carbocycles. The van der Waals surface area contributed by atoms with Gasteiger partial charge in [-0.2, -0.15) is 8.42 Å². The Hall–Kier alpha value is -1.94. The van der Waals surface area contributed by atoms with Gasteiger partial charge >= 0.3 is 16.4 Å². The lowest BCUT2D eigenvalue weighted by atomic mass is 9.99. The van der Waals surface area contributed by atoms with E-state index in [1.165, 1.54) is 89.9 Å². The number of carbonyl (C=O) groups excluding carboxylic acids is 1. The fourth-order valence-corrected chi connectivity index (χ4v) is 7.64. The Morgan fingerprint density at radius 3 is 1.64 bits per heavy atom. The normalized spacial score (nSPS) is 20.5.